The lowest BCUT2D eigenvalue weighted by Gasteiger charge is -2.29. The summed E-state index contributed by atoms with van der Waals surface area (Å²) < 4.78 is 13.2. The lowest BCUT2D eigenvalue weighted by Crippen LogP contribution is -2.26. The SMILES string of the molecule is CCC1CCC(Nc2cc(Cl)c(F)cc2N)CC1. The highest BCUT2D eigenvalue weighted by Gasteiger charge is 2.20. The maximum Gasteiger partial charge on any atom is 0.143 e. The smallest absolute Gasteiger partial charge is 0.143 e. The number of hydrogen-bond donors (Lipinski definition) is 2. The van der Waals surface area contributed by atoms with Gasteiger partial charge in [0, 0.05) is 12.1 Å². The van der Waals surface area contributed by atoms with Crippen LogP contribution in [-0.4, -0.2) is 6.04 Å². The van der Waals surface area contributed by atoms with E-state index in [2.05, 4.69) is 12.2 Å². The van der Waals surface area contributed by atoms with Crippen molar-refractivity contribution < 1.29 is 4.39 Å². The van der Waals surface area contributed by atoms with Crippen LogP contribution < -0.4 is 11.1 Å². The van der Waals surface area contributed by atoms with E-state index in [0.29, 0.717) is 11.7 Å². The van der Waals surface area contributed by atoms with Crippen LogP contribution in [0, 0.1) is 11.7 Å². The van der Waals surface area contributed by atoms with Gasteiger partial charge in [-0.15, -0.1) is 0 Å². The molecule has 18 heavy (non-hydrogen) atoms. The van der Waals surface area contributed by atoms with Crippen LogP contribution in [0.5, 0.6) is 0 Å². The molecule has 1 aromatic rings. The van der Waals surface area contributed by atoms with Crippen molar-refractivity contribution in [1.29, 1.82) is 0 Å². The van der Waals surface area contributed by atoms with Gasteiger partial charge in [0.05, 0.1) is 16.4 Å². The van der Waals surface area contributed by atoms with Crippen molar-refractivity contribution in [3.63, 3.8) is 0 Å². The Hall–Kier alpha value is -0.960. The molecule has 0 bridgehead atoms. The summed E-state index contributed by atoms with van der Waals surface area (Å²) in [5.41, 5.74) is 6.98. The van der Waals surface area contributed by atoms with E-state index in [-0.39, 0.29) is 5.02 Å². The lowest BCUT2D eigenvalue weighted by molar-refractivity contribution is 0.330. The van der Waals surface area contributed by atoms with E-state index in [9.17, 15) is 4.39 Å². The van der Waals surface area contributed by atoms with Gasteiger partial charge in [0.1, 0.15) is 5.82 Å². The molecule has 0 amide bonds. The molecule has 1 aromatic carbocycles. The second-order valence-electron chi connectivity index (χ2n) is 5.12. The molecule has 2 rings (SSSR count). The van der Waals surface area contributed by atoms with Gasteiger partial charge in [-0.05, 0) is 37.7 Å². The summed E-state index contributed by atoms with van der Waals surface area (Å²) in [7, 11) is 0. The number of nitrogens with two attached hydrogens (primary N) is 1. The van der Waals surface area contributed by atoms with Gasteiger partial charge in [-0.1, -0.05) is 24.9 Å². The minimum atomic E-state index is -0.464. The fourth-order valence-electron chi connectivity index (χ4n) is 2.62. The van der Waals surface area contributed by atoms with E-state index >= 15 is 0 Å². The first-order valence-electron chi connectivity index (χ1n) is 6.61. The van der Waals surface area contributed by atoms with Crippen molar-refractivity contribution in [3.05, 3.63) is 23.0 Å². The summed E-state index contributed by atoms with van der Waals surface area (Å²) in [5, 5.41) is 3.51. The van der Waals surface area contributed by atoms with E-state index in [1.807, 2.05) is 0 Å². The number of benzene rings is 1. The Balaban J connectivity index is 2.00. The Morgan fingerprint density at radius 1 is 1.33 bits per heavy atom. The topological polar surface area (TPSA) is 38.0 Å². The zero-order chi connectivity index (χ0) is 13.1. The average molecular weight is 271 g/mol. The fourth-order valence-corrected chi connectivity index (χ4v) is 2.79. The van der Waals surface area contributed by atoms with Crippen LogP contribution >= 0.6 is 11.6 Å². The number of rotatable bonds is 3. The van der Waals surface area contributed by atoms with Crippen LogP contribution in [-0.2, 0) is 0 Å². The van der Waals surface area contributed by atoms with Gasteiger partial charge in [0.25, 0.3) is 0 Å². The summed E-state index contributed by atoms with van der Waals surface area (Å²) >= 11 is 5.78. The predicted molar refractivity (Wildman–Crippen MR) is 75.5 cm³/mol. The monoisotopic (exact) mass is 270 g/mol. The third kappa shape index (κ3) is 3.08. The van der Waals surface area contributed by atoms with Crippen LogP contribution in [0.25, 0.3) is 0 Å². The number of nitrogen functional groups attached to an aromatic ring is 1. The Bertz CT molecular complexity index is 415. The summed E-state index contributed by atoms with van der Waals surface area (Å²) in [5.74, 6) is 0.395. The van der Waals surface area contributed by atoms with Crippen molar-refractivity contribution in [2.75, 3.05) is 11.1 Å². The molecule has 0 radical (unpaired) electrons. The number of hydrogen-bond acceptors (Lipinski definition) is 2. The van der Waals surface area contributed by atoms with Gasteiger partial charge in [-0.2, -0.15) is 0 Å². The highest BCUT2D eigenvalue weighted by Crippen LogP contribution is 2.31. The summed E-state index contributed by atoms with van der Waals surface area (Å²) in [6.07, 6.45) is 6.06. The molecule has 4 heteroatoms. The standard InChI is InChI=1S/C14H20ClFN2/c1-2-9-3-5-10(6-4-9)18-14-7-11(15)12(16)8-13(14)17/h7-10,18H,2-6,17H2,1H3. The third-order valence-corrected chi connectivity index (χ3v) is 4.17. The van der Waals surface area contributed by atoms with E-state index in [4.69, 9.17) is 17.3 Å². The summed E-state index contributed by atoms with van der Waals surface area (Å²) in [6.45, 7) is 2.25. The van der Waals surface area contributed by atoms with E-state index in [1.165, 1.54) is 25.3 Å². The van der Waals surface area contributed by atoms with Gasteiger partial charge in [-0.25, -0.2) is 4.39 Å². The number of anilines is 2. The third-order valence-electron chi connectivity index (χ3n) is 3.88. The molecule has 0 aliphatic heterocycles. The van der Waals surface area contributed by atoms with Gasteiger partial charge < -0.3 is 11.1 Å². The average Bonchev–Trinajstić information content (AvgIpc) is 2.37. The van der Waals surface area contributed by atoms with Gasteiger partial charge in [0.15, 0.2) is 0 Å². The van der Waals surface area contributed by atoms with Crippen LogP contribution in [0.3, 0.4) is 0 Å². The molecular formula is C14H20ClFN2. The Labute approximate surface area is 113 Å². The first kappa shape index (κ1) is 13.5. The Morgan fingerprint density at radius 3 is 2.61 bits per heavy atom. The molecule has 1 fully saturated rings. The Morgan fingerprint density at radius 2 is 2.00 bits per heavy atom. The second kappa shape index (κ2) is 5.79. The van der Waals surface area contributed by atoms with E-state index < -0.39 is 5.82 Å². The quantitative estimate of drug-likeness (QED) is 0.797. The van der Waals surface area contributed by atoms with E-state index in [0.717, 1.165) is 24.4 Å². The molecule has 0 saturated heterocycles. The van der Waals surface area contributed by atoms with Crippen LogP contribution in [0.15, 0.2) is 12.1 Å². The van der Waals surface area contributed by atoms with Crippen LogP contribution in [0.4, 0.5) is 15.8 Å². The normalized spacial score (nSPS) is 23.9. The fraction of sp³-hybridized carbons (Fsp3) is 0.571. The van der Waals surface area contributed by atoms with Gasteiger partial charge in [0.2, 0.25) is 0 Å². The van der Waals surface area contributed by atoms with Gasteiger partial charge in [-0.3, -0.25) is 0 Å². The first-order chi connectivity index (χ1) is 8.60. The molecule has 1 aliphatic carbocycles. The minimum Gasteiger partial charge on any atom is -0.397 e. The summed E-state index contributed by atoms with van der Waals surface area (Å²) in [4.78, 5) is 0. The van der Waals surface area contributed by atoms with Crippen molar-refractivity contribution in [3.8, 4) is 0 Å². The molecule has 0 spiro atoms. The van der Waals surface area contributed by atoms with Crippen LogP contribution in [0.1, 0.15) is 39.0 Å². The number of nitrogens with one attached hydrogen (secondary N) is 1. The molecule has 1 aliphatic rings. The zero-order valence-electron chi connectivity index (χ0n) is 10.7. The predicted octanol–water partition coefficient (Wildman–Crippen LogP) is 4.44. The highest BCUT2D eigenvalue weighted by atomic mass is 35.5. The Kier molecular flexibility index (Phi) is 4.33. The van der Waals surface area contributed by atoms with Crippen molar-refractivity contribution in [1.82, 2.24) is 0 Å². The van der Waals surface area contributed by atoms with Crippen molar-refractivity contribution in [2.24, 2.45) is 5.92 Å². The molecule has 3 N–H and O–H groups in total. The maximum atomic E-state index is 13.2. The molecule has 0 unspecified atom stereocenters. The molecule has 1 saturated carbocycles. The molecule has 100 valence electrons. The van der Waals surface area contributed by atoms with Gasteiger partial charge >= 0.3 is 0 Å². The van der Waals surface area contributed by atoms with Crippen molar-refractivity contribution in [2.45, 2.75) is 45.1 Å². The van der Waals surface area contributed by atoms with Crippen molar-refractivity contribution >= 4 is 23.0 Å². The number of halogens is 2. The molecule has 0 aromatic heterocycles. The molecule has 0 heterocycles. The maximum absolute atomic E-state index is 13.2. The molecule has 2 nitrogen and oxygen atoms in total. The molecule has 0 atom stereocenters. The van der Waals surface area contributed by atoms with E-state index in [1.54, 1.807) is 6.07 Å². The second-order valence-corrected chi connectivity index (χ2v) is 5.53. The zero-order valence-corrected chi connectivity index (χ0v) is 11.4. The lowest BCUT2D eigenvalue weighted by atomic mass is 9.84. The summed E-state index contributed by atoms with van der Waals surface area (Å²) in [6, 6.07) is 3.29. The van der Waals surface area contributed by atoms with Crippen LogP contribution in [0.2, 0.25) is 5.02 Å². The largest absolute Gasteiger partial charge is 0.397 e. The highest BCUT2D eigenvalue weighted by molar-refractivity contribution is 6.31. The first-order valence-corrected chi connectivity index (χ1v) is 6.99. The molecular weight excluding hydrogens is 251 g/mol. The minimum absolute atomic E-state index is 0.119.